The maximum atomic E-state index is 13.2. The molecular formula is C21H21ClN2O2S. The molecule has 0 fully saturated rings. The number of nitrogens with zero attached hydrogens (tertiary/aromatic N) is 2. The van der Waals surface area contributed by atoms with Gasteiger partial charge in [0.1, 0.15) is 0 Å². The van der Waals surface area contributed by atoms with Crippen molar-refractivity contribution in [3.63, 3.8) is 0 Å². The molecule has 2 aromatic carbocycles. The highest BCUT2D eigenvalue weighted by molar-refractivity contribution is 8.04. The summed E-state index contributed by atoms with van der Waals surface area (Å²) in [6.07, 6.45) is 0. The maximum Gasteiger partial charge on any atom is 0.272 e. The molecule has 1 heterocycles. The van der Waals surface area contributed by atoms with Crippen LogP contribution in [0.15, 0.2) is 53.4 Å². The van der Waals surface area contributed by atoms with Crippen molar-refractivity contribution in [2.75, 3.05) is 23.9 Å². The molecule has 0 atom stereocenters. The second kappa shape index (κ2) is 7.79. The lowest BCUT2D eigenvalue weighted by molar-refractivity contribution is -0.119. The topological polar surface area (TPSA) is 40.6 Å². The van der Waals surface area contributed by atoms with Crippen LogP contribution >= 0.6 is 23.4 Å². The average molecular weight is 401 g/mol. The zero-order valence-corrected chi connectivity index (χ0v) is 17.3. The molecule has 6 heteroatoms. The van der Waals surface area contributed by atoms with Gasteiger partial charge in [0.2, 0.25) is 0 Å². The van der Waals surface area contributed by atoms with E-state index in [-0.39, 0.29) is 17.1 Å². The van der Waals surface area contributed by atoms with E-state index < -0.39 is 0 Å². The van der Waals surface area contributed by atoms with Crippen molar-refractivity contribution in [1.82, 2.24) is 0 Å². The monoisotopic (exact) mass is 400 g/mol. The molecule has 0 spiro atoms. The molecule has 27 heavy (non-hydrogen) atoms. The third-order valence-electron chi connectivity index (χ3n) is 4.15. The summed E-state index contributed by atoms with van der Waals surface area (Å²) >= 11 is 7.40. The minimum atomic E-state index is -0.303. The predicted molar refractivity (Wildman–Crippen MR) is 114 cm³/mol. The highest BCUT2D eigenvalue weighted by Gasteiger charge is 2.40. The SMILES string of the molecule is CC(C)SC1=C(c2ccc(Cl)cc2)C(=O)N(c2ccc(N(C)C)cc2)C1=O. The Labute approximate surface area is 168 Å². The molecule has 0 aliphatic carbocycles. The fourth-order valence-corrected chi connectivity index (χ4v) is 3.97. The number of hydrogen-bond donors (Lipinski definition) is 0. The van der Waals surface area contributed by atoms with Crippen LogP contribution in [-0.4, -0.2) is 31.2 Å². The van der Waals surface area contributed by atoms with E-state index in [0.717, 1.165) is 5.69 Å². The lowest BCUT2D eigenvalue weighted by Gasteiger charge is -2.18. The first-order valence-corrected chi connectivity index (χ1v) is 9.88. The first-order chi connectivity index (χ1) is 12.8. The van der Waals surface area contributed by atoms with Crippen LogP contribution in [0.1, 0.15) is 19.4 Å². The van der Waals surface area contributed by atoms with Crippen LogP contribution in [0.4, 0.5) is 11.4 Å². The number of benzene rings is 2. The molecule has 0 saturated carbocycles. The first kappa shape index (κ1) is 19.5. The van der Waals surface area contributed by atoms with Crippen molar-refractivity contribution in [2.45, 2.75) is 19.1 Å². The van der Waals surface area contributed by atoms with Crippen LogP contribution in [0.5, 0.6) is 0 Å². The van der Waals surface area contributed by atoms with E-state index in [2.05, 4.69) is 0 Å². The number of anilines is 2. The molecule has 2 aromatic rings. The van der Waals surface area contributed by atoms with Gasteiger partial charge in [0.25, 0.3) is 11.8 Å². The summed E-state index contributed by atoms with van der Waals surface area (Å²) in [6.45, 7) is 4.01. The summed E-state index contributed by atoms with van der Waals surface area (Å²) in [5.74, 6) is -0.579. The Bertz CT molecular complexity index is 903. The zero-order valence-electron chi connectivity index (χ0n) is 15.7. The number of thioether (sulfide) groups is 1. The number of hydrogen-bond acceptors (Lipinski definition) is 4. The molecule has 1 aliphatic heterocycles. The van der Waals surface area contributed by atoms with E-state index >= 15 is 0 Å². The lowest BCUT2D eigenvalue weighted by atomic mass is 10.1. The average Bonchev–Trinajstić information content (AvgIpc) is 2.86. The van der Waals surface area contributed by atoms with E-state index in [4.69, 9.17) is 11.6 Å². The van der Waals surface area contributed by atoms with E-state index in [1.165, 1.54) is 16.7 Å². The Morgan fingerprint density at radius 3 is 2.04 bits per heavy atom. The minimum Gasteiger partial charge on any atom is -0.378 e. The second-order valence-electron chi connectivity index (χ2n) is 6.73. The predicted octanol–water partition coefficient (Wildman–Crippen LogP) is 4.83. The number of halogens is 1. The van der Waals surface area contributed by atoms with Crippen LogP contribution in [-0.2, 0) is 9.59 Å². The highest BCUT2D eigenvalue weighted by atomic mass is 35.5. The van der Waals surface area contributed by atoms with Gasteiger partial charge in [-0.2, -0.15) is 0 Å². The number of carbonyl (C=O) groups excluding carboxylic acids is 2. The van der Waals surface area contributed by atoms with Gasteiger partial charge < -0.3 is 4.90 Å². The van der Waals surface area contributed by atoms with Gasteiger partial charge >= 0.3 is 0 Å². The third-order valence-corrected chi connectivity index (χ3v) is 5.49. The van der Waals surface area contributed by atoms with Gasteiger partial charge in [0.05, 0.1) is 16.2 Å². The molecule has 0 unspecified atom stereocenters. The number of carbonyl (C=O) groups is 2. The lowest BCUT2D eigenvalue weighted by Crippen LogP contribution is -2.31. The molecule has 140 valence electrons. The van der Waals surface area contributed by atoms with E-state index in [1.807, 2.05) is 45.0 Å². The third kappa shape index (κ3) is 3.89. The second-order valence-corrected chi connectivity index (χ2v) is 8.76. The van der Waals surface area contributed by atoms with Gasteiger partial charge in [0.15, 0.2) is 0 Å². The summed E-state index contributed by atoms with van der Waals surface area (Å²) in [4.78, 5) is 30.0. The minimum absolute atomic E-state index is 0.176. The van der Waals surface area contributed by atoms with Crippen molar-refractivity contribution in [3.8, 4) is 0 Å². The van der Waals surface area contributed by atoms with E-state index in [1.54, 1.807) is 36.4 Å². The smallest absolute Gasteiger partial charge is 0.272 e. The van der Waals surface area contributed by atoms with Crippen LogP contribution in [0.3, 0.4) is 0 Å². The summed E-state index contributed by atoms with van der Waals surface area (Å²) in [5, 5.41) is 0.764. The standard InChI is InChI=1S/C21H21ClN2O2S/c1-13(2)27-19-18(14-5-7-15(22)8-6-14)20(25)24(21(19)26)17-11-9-16(10-12-17)23(3)4/h5-13H,1-4H3. The molecule has 0 aromatic heterocycles. The van der Waals surface area contributed by atoms with Crippen molar-refractivity contribution >= 4 is 52.1 Å². The van der Waals surface area contributed by atoms with Gasteiger partial charge in [-0.05, 0) is 42.0 Å². The molecule has 0 radical (unpaired) electrons. The Morgan fingerprint density at radius 2 is 1.52 bits per heavy atom. The molecule has 3 rings (SSSR count). The van der Waals surface area contributed by atoms with Gasteiger partial charge in [0, 0.05) is 30.1 Å². The van der Waals surface area contributed by atoms with E-state index in [9.17, 15) is 9.59 Å². The molecule has 0 N–H and O–H groups in total. The molecule has 0 bridgehead atoms. The van der Waals surface area contributed by atoms with Crippen LogP contribution in [0.2, 0.25) is 5.02 Å². The van der Waals surface area contributed by atoms with Gasteiger partial charge in [-0.3, -0.25) is 9.59 Å². The maximum absolute atomic E-state index is 13.2. The summed E-state index contributed by atoms with van der Waals surface area (Å²) in [5.41, 5.74) is 2.71. The fraction of sp³-hybridized carbons (Fsp3) is 0.238. The molecule has 0 saturated heterocycles. The molecule has 4 nitrogen and oxygen atoms in total. The first-order valence-electron chi connectivity index (χ1n) is 8.62. The number of imide groups is 1. The Balaban J connectivity index is 2.04. The quantitative estimate of drug-likeness (QED) is 0.674. The fourth-order valence-electron chi connectivity index (χ4n) is 2.86. The van der Waals surface area contributed by atoms with Gasteiger partial charge in [-0.25, -0.2) is 4.90 Å². The molecular weight excluding hydrogens is 380 g/mol. The summed E-state index contributed by atoms with van der Waals surface area (Å²) < 4.78 is 0. The Hall–Kier alpha value is -2.24. The van der Waals surface area contributed by atoms with Crippen molar-refractivity contribution in [1.29, 1.82) is 0 Å². The normalized spacial score (nSPS) is 14.5. The van der Waals surface area contributed by atoms with Crippen molar-refractivity contribution < 1.29 is 9.59 Å². The van der Waals surface area contributed by atoms with Crippen molar-refractivity contribution in [2.24, 2.45) is 0 Å². The number of rotatable bonds is 5. The number of amides is 2. The van der Waals surface area contributed by atoms with Gasteiger partial charge in [-0.15, -0.1) is 11.8 Å². The van der Waals surface area contributed by atoms with Gasteiger partial charge in [-0.1, -0.05) is 37.6 Å². The summed E-state index contributed by atoms with van der Waals surface area (Å²) in [7, 11) is 3.89. The highest BCUT2D eigenvalue weighted by Crippen LogP contribution is 2.40. The molecule has 1 aliphatic rings. The van der Waals surface area contributed by atoms with E-state index in [0.29, 0.717) is 26.8 Å². The molecule has 2 amide bonds. The Kier molecular flexibility index (Phi) is 5.63. The zero-order chi connectivity index (χ0) is 19.7. The summed E-state index contributed by atoms with van der Waals surface area (Å²) in [6, 6.07) is 14.4. The van der Waals surface area contributed by atoms with Crippen LogP contribution in [0, 0.1) is 0 Å². The van der Waals surface area contributed by atoms with Crippen molar-refractivity contribution in [3.05, 3.63) is 64.0 Å². The van der Waals surface area contributed by atoms with Crippen LogP contribution in [0.25, 0.3) is 5.57 Å². The Morgan fingerprint density at radius 1 is 0.926 bits per heavy atom. The largest absolute Gasteiger partial charge is 0.378 e. The van der Waals surface area contributed by atoms with Crippen LogP contribution < -0.4 is 9.80 Å².